The smallest absolute Gasteiger partial charge is 0.369 e. The van der Waals surface area contributed by atoms with Gasteiger partial charge in [-0.3, -0.25) is 9.59 Å². The number of allylic oxidation sites excluding steroid dienone is 2. The summed E-state index contributed by atoms with van der Waals surface area (Å²) >= 11 is 1.76. The van der Waals surface area contributed by atoms with Crippen molar-refractivity contribution in [3.05, 3.63) is 51.1 Å². The van der Waals surface area contributed by atoms with Crippen LogP contribution in [0.25, 0.3) is 0 Å². The van der Waals surface area contributed by atoms with Gasteiger partial charge < -0.3 is 11.1 Å². The van der Waals surface area contributed by atoms with Gasteiger partial charge in [-0.05, 0) is 46.6 Å². The van der Waals surface area contributed by atoms with E-state index < -0.39 is 67.7 Å². The summed E-state index contributed by atoms with van der Waals surface area (Å²) in [5.41, 5.74) is -5.57. The molecule has 1 aromatic carbocycles. The molecule has 0 heterocycles. The second-order valence-electron chi connectivity index (χ2n) is 9.68. The number of halogens is 8. The van der Waals surface area contributed by atoms with Gasteiger partial charge in [0.1, 0.15) is 15.3 Å². The molecule has 0 saturated heterocycles. The summed E-state index contributed by atoms with van der Waals surface area (Å²) in [5.74, 6) is -3.94. The van der Waals surface area contributed by atoms with Gasteiger partial charge in [0.05, 0.1) is 11.7 Å². The maximum Gasteiger partial charge on any atom is 0.435 e. The first-order valence-electron chi connectivity index (χ1n) is 10.7. The van der Waals surface area contributed by atoms with Crippen LogP contribution in [0.5, 0.6) is 0 Å². The summed E-state index contributed by atoms with van der Waals surface area (Å²) in [6.07, 6.45) is -7.52. The summed E-state index contributed by atoms with van der Waals surface area (Å²) in [5, 5.41) is 2.34. The van der Waals surface area contributed by atoms with Gasteiger partial charge >= 0.3 is 18.0 Å². The molecular weight excluding hydrogens is 660 g/mol. The third-order valence-corrected chi connectivity index (χ3v) is 8.87. The summed E-state index contributed by atoms with van der Waals surface area (Å²) in [7, 11) is -3.70. The van der Waals surface area contributed by atoms with Crippen LogP contribution in [0, 0.1) is 23.7 Å². The summed E-state index contributed by atoms with van der Waals surface area (Å²) in [6.45, 7) is 3.92. The molecule has 15 heteroatoms. The number of sulfone groups is 1. The molecule has 38 heavy (non-hydrogen) atoms. The number of carbonyl (C=O) groups is 2. The van der Waals surface area contributed by atoms with Crippen molar-refractivity contribution in [2.45, 2.75) is 38.8 Å². The zero-order valence-corrected chi connectivity index (χ0v) is 23.4. The highest BCUT2D eigenvalue weighted by molar-refractivity contribution is 14.1. The SMILES string of the molecule is Cc1cc(C(F)(C(F)(F)F)C(F)(F)F)ccc1NC(=O)C1C=CC=C(I)C1(C(N)=O)C(C)(C)CS(C)(=O)=O. The molecule has 2 amide bonds. The first-order valence-corrected chi connectivity index (χ1v) is 13.8. The van der Waals surface area contributed by atoms with E-state index in [4.69, 9.17) is 5.73 Å². The Kier molecular flexibility index (Phi) is 8.52. The van der Waals surface area contributed by atoms with E-state index in [9.17, 15) is 48.7 Å². The minimum absolute atomic E-state index is 0.239. The highest BCUT2D eigenvalue weighted by Gasteiger charge is 2.73. The second-order valence-corrected chi connectivity index (χ2v) is 13.0. The fourth-order valence-electron chi connectivity index (χ4n) is 4.79. The molecule has 0 bridgehead atoms. The van der Waals surface area contributed by atoms with E-state index in [1.807, 2.05) is 0 Å². The maximum absolute atomic E-state index is 14.4. The van der Waals surface area contributed by atoms with Gasteiger partial charge in [0, 0.05) is 21.1 Å². The molecule has 0 fully saturated rings. The van der Waals surface area contributed by atoms with Crippen LogP contribution < -0.4 is 11.1 Å². The highest BCUT2D eigenvalue weighted by atomic mass is 127. The Bertz CT molecular complexity index is 1290. The molecule has 2 unspecified atom stereocenters. The summed E-state index contributed by atoms with van der Waals surface area (Å²) in [6, 6.07) is 1.24. The van der Waals surface area contributed by atoms with E-state index in [-0.39, 0.29) is 20.9 Å². The molecule has 0 aliphatic heterocycles. The number of amides is 2. The third-order valence-electron chi connectivity index (χ3n) is 6.41. The number of carbonyl (C=O) groups excluding carboxylic acids is 2. The zero-order chi connectivity index (χ0) is 29.7. The molecular formula is C23H24F7IN2O4S. The normalized spacial score (nSPS) is 21.2. The van der Waals surface area contributed by atoms with Gasteiger partial charge in [0.15, 0.2) is 0 Å². The van der Waals surface area contributed by atoms with E-state index in [1.54, 1.807) is 22.6 Å². The van der Waals surface area contributed by atoms with Gasteiger partial charge in [-0.2, -0.15) is 26.3 Å². The lowest BCUT2D eigenvalue weighted by molar-refractivity contribution is -0.348. The van der Waals surface area contributed by atoms with Crippen LogP contribution in [0.15, 0.2) is 40.0 Å². The topological polar surface area (TPSA) is 106 Å². The Labute approximate surface area is 228 Å². The first-order chi connectivity index (χ1) is 16.9. The second kappa shape index (κ2) is 10.1. The monoisotopic (exact) mass is 684 g/mol. The fourth-order valence-corrected chi connectivity index (χ4v) is 7.87. The lowest BCUT2D eigenvalue weighted by Gasteiger charge is -2.48. The molecule has 0 radical (unpaired) electrons. The number of nitrogens with two attached hydrogens (primary N) is 1. The quantitative estimate of drug-likeness (QED) is 0.302. The zero-order valence-electron chi connectivity index (χ0n) is 20.4. The molecule has 3 N–H and O–H groups in total. The van der Waals surface area contributed by atoms with Gasteiger partial charge in [0.25, 0.3) is 0 Å². The van der Waals surface area contributed by atoms with Crippen LogP contribution in [-0.4, -0.2) is 44.6 Å². The molecule has 0 aromatic heterocycles. The van der Waals surface area contributed by atoms with E-state index in [0.717, 1.165) is 13.2 Å². The maximum atomic E-state index is 14.4. The van der Waals surface area contributed by atoms with Gasteiger partial charge in [-0.25, -0.2) is 12.8 Å². The van der Waals surface area contributed by atoms with E-state index in [1.165, 1.54) is 32.1 Å². The van der Waals surface area contributed by atoms with Crippen molar-refractivity contribution in [2.75, 3.05) is 17.3 Å². The van der Waals surface area contributed by atoms with Crippen molar-refractivity contribution in [3.63, 3.8) is 0 Å². The third kappa shape index (κ3) is 5.45. The van der Waals surface area contributed by atoms with E-state index in [2.05, 4.69) is 5.32 Å². The van der Waals surface area contributed by atoms with Crippen molar-refractivity contribution in [3.8, 4) is 0 Å². The Balaban J connectivity index is 2.59. The van der Waals surface area contributed by atoms with Gasteiger partial charge in [0.2, 0.25) is 11.8 Å². The number of primary amides is 1. The largest absolute Gasteiger partial charge is 0.435 e. The van der Waals surface area contributed by atoms with Crippen molar-refractivity contribution >= 4 is 49.9 Å². The minimum Gasteiger partial charge on any atom is -0.369 e. The van der Waals surface area contributed by atoms with Crippen LogP contribution in [0.4, 0.5) is 36.4 Å². The molecule has 0 spiro atoms. The first kappa shape index (κ1) is 32.0. The average molecular weight is 684 g/mol. The number of benzene rings is 1. The standard InChI is InChI=1S/C23H24F7IN2O4S/c1-12-10-13(21(24,22(25,26)27)23(28,29)30)8-9-15(12)33-17(34)14-6-5-7-16(31)20(14,18(32)35)19(2,3)11-38(4,36)37/h5-10,14H,11H2,1-4H3,(H2,32,35)(H,33,34). The number of hydrogen-bond acceptors (Lipinski definition) is 4. The average Bonchev–Trinajstić information content (AvgIpc) is 2.70. The fraction of sp³-hybridized carbons (Fsp3) is 0.478. The molecule has 1 aliphatic carbocycles. The van der Waals surface area contributed by atoms with E-state index >= 15 is 0 Å². The number of alkyl halides is 7. The van der Waals surface area contributed by atoms with Crippen LogP contribution >= 0.6 is 22.6 Å². The van der Waals surface area contributed by atoms with Crippen molar-refractivity contribution in [2.24, 2.45) is 22.5 Å². The Hall–Kier alpha value is -2.17. The predicted octanol–water partition coefficient (Wildman–Crippen LogP) is 5.27. The number of anilines is 1. The van der Waals surface area contributed by atoms with Crippen LogP contribution in [0.1, 0.15) is 25.0 Å². The van der Waals surface area contributed by atoms with Crippen molar-refractivity contribution < 1.29 is 48.7 Å². The van der Waals surface area contributed by atoms with Crippen molar-refractivity contribution in [1.82, 2.24) is 0 Å². The Morgan fingerprint density at radius 3 is 2.03 bits per heavy atom. The predicted molar refractivity (Wildman–Crippen MR) is 135 cm³/mol. The summed E-state index contributed by atoms with van der Waals surface area (Å²) in [4.78, 5) is 26.3. The Morgan fingerprint density at radius 2 is 1.61 bits per heavy atom. The number of rotatable bonds is 7. The minimum atomic E-state index is -6.31. The van der Waals surface area contributed by atoms with Crippen LogP contribution in [0.3, 0.4) is 0 Å². The Morgan fingerprint density at radius 1 is 1.08 bits per heavy atom. The molecule has 2 rings (SSSR count). The number of nitrogens with one attached hydrogen (secondary N) is 1. The molecule has 0 saturated carbocycles. The molecule has 1 aliphatic rings. The molecule has 2 atom stereocenters. The van der Waals surface area contributed by atoms with Crippen LogP contribution in [-0.2, 0) is 25.1 Å². The van der Waals surface area contributed by atoms with Gasteiger partial charge in [-0.1, -0.05) is 44.2 Å². The number of hydrogen-bond donors (Lipinski definition) is 2. The van der Waals surface area contributed by atoms with E-state index in [0.29, 0.717) is 12.1 Å². The molecule has 1 aromatic rings. The highest BCUT2D eigenvalue weighted by Crippen LogP contribution is 2.56. The number of aryl methyl sites for hydroxylation is 1. The lowest BCUT2D eigenvalue weighted by atomic mass is 9.57. The van der Waals surface area contributed by atoms with Crippen LogP contribution in [0.2, 0.25) is 0 Å². The summed E-state index contributed by atoms with van der Waals surface area (Å²) < 4.78 is 118. The molecule has 212 valence electrons. The molecule has 6 nitrogen and oxygen atoms in total. The van der Waals surface area contributed by atoms with Crippen molar-refractivity contribution in [1.29, 1.82) is 0 Å². The lowest BCUT2D eigenvalue weighted by Crippen LogP contribution is -2.58. The van der Waals surface area contributed by atoms with Gasteiger partial charge in [-0.15, -0.1) is 0 Å².